The second kappa shape index (κ2) is 49.5. The third-order valence-electron chi connectivity index (χ3n) is 20.4. The molecule has 0 aliphatic carbocycles. The van der Waals surface area contributed by atoms with Crippen LogP contribution in [0.2, 0.25) is 0 Å². The number of rotatable bonds is 56. The first-order valence-electron chi connectivity index (χ1n) is 40.9. The number of nitrogens with zero attached hydrogens (tertiary/aromatic N) is 12. The lowest BCUT2D eigenvalue weighted by Crippen LogP contribution is -2.46. The fourth-order valence-corrected chi connectivity index (χ4v) is 21.0. The Bertz CT molecular complexity index is 2620. The van der Waals surface area contributed by atoms with Crippen LogP contribution in [-0.4, -0.2) is 262 Å². The molecule has 6 aliphatic rings. The summed E-state index contributed by atoms with van der Waals surface area (Å²) >= 11 is 0. The van der Waals surface area contributed by atoms with Gasteiger partial charge in [-0.15, -0.1) is 0 Å². The Kier molecular flexibility index (Phi) is 43.3. The Balaban J connectivity index is 1.22. The molecule has 0 radical (unpaired) electrons. The monoisotopic (exact) mass is 1540 g/mol. The van der Waals surface area contributed by atoms with Crippen molar-refractivity contribution in [3.05, 3.63) is 0 Å². The van der Waals surface area contributed by atoms with E-state index in [0.717, 1.165) is 90.6 Å². The molecule has 0 aromatic heterocycles. The van der Waals surface area contributed by atoms with Crippen LogP contribution in [-0.2, 0) is 55.1 Å². The predicted molar refractivity (Wildman–Crippen MR) is 415 cm³/mol. The molecule has 6 heterocycles. The lowest BCUT2D eigenvalue weighted by atomic mass is 10.1. The van der Waals surface area contributed by atoms with Gasteiger partial charge in [-0.1, -0.05) is 207 Å². The number of hydrogen-bond donors (Lipinski definition) is 1. The Hall–Kier alpha value is -1.79. The summed E-state index contributed by atoms with van der Waals surface area (Å²) in [4.78, 5) is 25.8. The van der Waals surface area contributed by atoms with Gasteiger partial charge in [0.25, 0.3) is 7.82 Å². The lowest BCUT2D eigenvalue weighted by molar-refractivity contribution is -0.228. The number of phosphoric ester groups is 1. The second-order valence-corrected chi connectivity index (χ2v) is 38.0. The first kappa shape index (κ1) is 90.1. The Morgan fingerprint density at radius 3 is 1.02 bits per heavy atom. The van der Waals surface area contributed by atoms with E-state index in [4.69, 9.17) is 56.2 Å². The van der Waals surface area contributed by atoms with E-state index in [-0.39, 0.29) is 85.6 Å². The number of ether oxygens (including phenoxy) is 3. The quantitative estimate of drug-likeness (QED) is 0.0439. The number of morpholine rings is 3. The van der Waals surface area contributed by atoms with Crippen molar-refractivity contribution in [2.24, 2.45) is 14.3 Å². The Morgan fingerprint density at radius 1 is 0.398 bits per heavy atom. The molecule has 6 aliphatic heterocycles. The SMILES string of the molecule is CCCCCCCCCCCCN1CCN(C)C1=NP(=O)(OC[C@@H]1CN(P(=O)(N=C2N(C)CCN2CCCCCCCCCCCC)OC[C@@H]2CN(P(=O)(N=C3N(C)CCN3CCCCCCCCCCCC)OC(C)(C)C)CCO2)CCO1)N1CCO[C@H](COP(=O)([O-])OCCCCCCO)C1. The average molecular weight is 1540 g/mol. The molecular weight excluding hydrogens is 1390 g/mol. The highest BCUT2D eigenvalue weighted by Crippen LogP contribution is 2.59. The topological polar surface area (TPSA) is 252 Å². The van der Waals surface area contributed by atoms with Crippen LogP contribution in [0.3, 0.4) is 0 Å². The molecule has 0 amide bonds. The summed E-state index contributed by atoms with van der Waals surface area (Å²) in [7, 11) is -11.1. The molecule has 0 saturated carbocycles. The maximum atomic E-state index is 16.4. The third kappa shape index (κ3) is 33.8. The summed E-state index contributed by atoms with van der Waals surface area (Å²) in [5.41, 5.74) is -0.805. The van der Waals surface area contributed by atoms with Crippen LogP contribution in [0.25, 0.3) is 0 Å². The summed E-state index contributed by atoms with van der Waals surface area (Å²) < 4.78 is 131. The highest BCUT2D eigenvalue weighted by Gasteiger charge is 2.46. The minimum absolute atomic E-state index is 0.0143. The van der Waals surface area contributed by atoms with Gasteiger partial charge in [-0.3, -0.25) is 18.1 Å². The van der Waals surface area contributed by atoms with Crippen LogP contribution in [0.4, 0.5) is 0 Å². The highest BCUT2D eigenvalue weighted by atomic mass is 31.2. The fraction of sp³-hybridized carbons (Fsp3) is 0.959. The van der Waals surface area contributed by atoms with E-state index in [9.17, 15) is 9.46 Å². The van der Waals surface area contributed by atoms with E-state index in [1.54, 1.807) is 14.0 Å². The summed E-state index contributed by atoms with van der Waals surface area (Å²) in [6, 6.07) is 0. The predicted octanol–water partition coefficient (Wildman–Crippen LogP) is 14.9. The molecule has 26 nitrogen and oxygen atoms in total. The summed E-state index contributed by atoms with van der Waals surface area (Å²) in [6.45, 7) is 19.8. The van der Waals surface area contributed by atoms with E-state index >= 15 is 13.7 Å². The molecule has 4 unspecified atom stereocenters. The van der Waals surface area contributed by atoms with Gasteiger partial charge >= 0.3 is 23.0 Å². The van der Waals surface area contributed by atoms with Crippen molar-refractivity contribution in [3.8, 4) is 0 Å². The molecule has 0 aromatic carbocycles. The van der Waals surface area contributed by atoms with Crippen LogP contribution >= 0.6 is 30.8 Å². The highest BCUT2D eigenvalue weighted by molar-refractivity contribution is 7.56. The number of aliphatic hydroxyl groups is 1. The van der Waals surface area contributed by atoms with Gasteiger partial charge in [0.2, 0.25) is 17.9 Å². The van der Waals surface area contributed by atoms with Crippen LogP contribution < -0.4 is 4.89 Å². The van der Waals surface area contributed by atoms with Gasteiger partial charge in [0, 0.05) is 126 Å². The largest absolute Gasteiger partial charge is 0.756 e. The molecule has 103 heavy (non-hydrogen) atoms. The van der Waals surface area contributed by atoms with E-state index in [1.165, 1.54) is 148 Å². The molecule has 30 heteroatoms. The van der Waals surface area contributed by atoms with Crippen LogP contribution in [0.15, 0.2) is 14.3 Å². The Morgan fingerprint density at radius 2 is 0.689 bits per heavy atom. The Labute approximate surface area is 624 Å². The van der Waals surface area contributed by atoms with Crippen molar-refractivity contribution in [2.45, 2.75) is 284 Å². The molecule has 602 valence electrons. The van der Waals surface area contributed by atoms with E-state index in [1.807, 2.05) is 51.7 Å². The molecule has 1 N–H and O–H groups in total. The standard InChI is InChI=1S/C73H146N12O14P4/c1-10-13-16-19-22-25-28-31-34-39-44-80-50-47-77(7)70(80)74-100(87,97-65-68-63-85(55-60-93-68)102(89,99-73(4,5)6)76-72-79(9)49-52-82(72)46-41-36-33-30-27-24-21-18-15-12-3)83-53-58-92-67(61-83)64-96-101(88,75-71-78(8)48-51-81(71)45-40-35-32-29-26-23-20-17-14-11-2)84-54-59-94-69(62-84)66-98-103(90,91)95-57-43-38-37-42-56-86/h67-69,86H,10-66H2,1-9H3,(H,90,91)/p-1/t67-,68-,69-,100?,101?,102?/m0/s1. The van der Waals surface area contributed by atoms with Gasteiger partial charge in [0.1, 0.15) is 0 Å². The average Bonchev–Trinajstić information content (AvgIpc) is 1.78. The van der Waals surface area contributed by atoms with Crippen molar-refractivity contribution >= 4 is 48.7 Å². The van der Waals surface area contributed by atoms with Gasteiger partial charge in [0.15, 0.2) is 0 Å². The second-order valence-electron chi connectivity index (χ2n) is 30.7. The minimum Gasteiger partial charge on any atom is -0.756 e. The normalized spacial score (nSPS) is 23.6. The molecule has 7 atom stereocenters. The van der Waals surface area contributed by atoms with Crippen molar-refractivity contribution < 1.29 is 65.1 Å². The smallest absolute Gasteiger partial charge is 0.393 e. The number of likely N-dealkylation sites (N-methyl/N-ethyl adjacent to an activating group) is 3. The number of aliphatic hydroxyl groups excluding tert-OH is 1. The van der Waals surface area contributed by atoms with Crippen molar-refractivity contribution in [2.75, 3.05) is 172 Å². The van der Waals surface area contributed by atoms with Gasteiger partial charge < -0.3 is 62.7 Å². The molecule has 0 bridgehead atoms. The maximum absolute atomic E-state index is 16.4. The molecule has 0 spiro atoms. The van der Waals surface area contributed by atoms with Gasteiger partial charge in [0.05, 0.1) is 70.2 Å². The summed E-state index contributed by atoms with van der Waals surface area (Å²) in [6.07, 6.45) is 37.0. The minimum atomic E-state index is -4.71. The van der Waals surface area contributed by atoms with Gasteiger partial charge in [-0.2, -0.15) is 14.3 Å². The van der Waals surface area contributed by atoms with E-state index < -0.39 is 54.7 Å². The molecule has 6 rings (SSSR count). The van der Waals surface area contributed by atoms with Gasteiger partial charge in [-0.05, 0) is 52.9 Å². The zero-order valence-electron chi connectivity index (χ0n) is 65.9. The summed E-state index contributed by atoms with van der Waals surface area (Å²) in [5, 5.41) is 9.15. The molecule has 6 saturated heterocycles. The zero-order valence-corrected chi connectivity index (χ0v) is 69.5. The first-order valence-corrected chi connectivity index (χ1v) is 47.0. The number of hydrogen-bond acceptors (Lipinski definition) is 14. The van der Waals surface area contributed by atoms with E-state index in [0.29, 0.717) is 63.3 Å². The number of guanidine groups is 3. The summed E-state index contributed by atoms with van der Waals surface area (Å²) in [5.74, 6) is 1.82. The molecule has 0 aromatic rings. The number of unbranched alkanes of at least 4 members (excludes halogenated alkanes) is 30. The number of phosphoric acid groups is 1. The van der Waals surface area contributed by atoms with Crippen molar-refractivity contribution in [1.29, 1.82) is 0 Å². The van der Waals surface area contributed by atoms with E-state index in [2.05, 4.69) is 40.4 Å². The molecule has 6 fully saturated rings. The third-order valence-corrected chi connectivity index (χ3v) is 27.6. The zero-order chi connectivity index (χ0) is 74.2. The maximum Gasteiger partial charge on any atom is 0.393 e. The lowest BCUT2D eigenvalue weighted by Gasteiger charge is -2.40. The van der Waals surface area contributed by atoms with Crippen LogP contribution in [0, 0.1) is 0 Å². The molecular formula is C73H145N12O14P4-. The van der Waals surface area contributed by atoms with Crippen LogP contribution in [0.5, 0.6) is 0 Å². The van der Waals surface area contributed by atoms with Gasteiger partial charge in [-0.25, -0.2) is 27.7 Å². The first-order chi connectivity index (χ1) is 49.6. The van der Waals surface area contributed by atoms with Crippen LogP contribution in [0.1, 0.15) is 260 Å². The fourth-order valence-electron chi connectivity index (χ4n) is 14.2. The van der Waals surface area contributed by atoms with Crippen molar-refractivity contribution in [3.63, 3.8) is 0 Å². The van der Waals surface area contributed by atoms with Crippen molar-refractivity contribution in [1.82, 2.24) is 43.4 Å².